The van der Waals surface area contributed by atoms with Crippen LogP contribution in [0.4, 0.5) is 0 Å². The van der Waals surface area contributed by atoms with Crippen molar-refractivity contribution in [2.75, 3.05) is 33.6 Å². The third-order valence-electron chi connectivity index (χ3n) is 4.69. The first-order valence-corrected chi connectivity index (χ1v) is 10.2. The Morgan fingerprint density at radius 3 is 2.43 bits per heavy atom. The van der Waals surface area contributed by atoms with E-state index in [1.807, 2.05) is 37.4 Å². The lowest BCUT2D eigenvalue weighted by atomic mass is 10.1. The number of fused-ring (bicyclic) bond motifs is 1. The smallest absolute Gasteiger partial charge is 0.232 e. The Kier molecular flexibility index (Phi) is 6.82. The Bertz CT molecular complexity index is 957. The van der Waals surface area contributed by atoms with E-state index in [1.165, 1.54) is 10.8 Å². The molecular weight excluding hydrogens is 370 g/mol. The summed E-state index contributed by atoms with van der Waals surface area (Å²) in [6.07, 6.45) is 0.767. The highest BCUT2D eigenvalue weighted by molar-refractivity contribution is 8.00. The molecule has 0 heterocycles. The Labute approximate surface area is 170 Å². The van der Waals surface area contributed by atoms with Crippen LogP contribution in [-0.2, 0) is 11.2 Å². The Morgan fingerprint density at radius 2 is 1.68 bits per heavy atom. The number of carbonyl (C=O) groups excluding carboxylic acids is 1. The van der Waals surface area contributed by atoms with Crippen LogP contribution in [0, 0.1) is 0 Å². The summed E-state index contributed by atoms with van der Waals surface area (Å²) < 4.78 is 10.6. The molecule has 0 aliphatic heterocycles. The number of thioether (sulfide) groups is 1. The highest BCUT2D eigenvalue weighted by Crippen LogP contribution is 2.28. The van der Waals surface area contributed by atoms with Crippen LogP contribution in [0.15, 0.2) is 65.6 Å². The molecule has 0 aliphatic rings. The minimum absolute atomic E-state index is 0.124. The Morgan fingerprint density at radius 1 is 0.929 bits per heavy atom. The molecule has 0 saturated heterocycles. The number of carbonyl (C=O) groups is 1. The van der Waals surface area contributed by atoms with Gasteiger partial charge in [-0.25, -0.2) is 0 Å². The van der Waals surface area contributed by atoms with Gasteiger partial charge < -0.3 is 14.4 Å². The highest BCUT2D eigenvalue weighted by Gasteiger charge is 2.11. The minimum Gasteiger partial charge on any atom is -0.493 e. The fourth-order valence-electron chi connectivity index (χ4n) is 2.97. The standard InChI is InChI=1S/C23H25NO3S/c1-24(13-12-17-8-11-21(26-2)22(14-17)27-3)23(25)16-28-20-10-9-18-6-4-5-7-19(18)15-20/h4-11,14-15H,12-13,16H2,1-3H3. The SMILES string of the molecule is COc1ccc(CCN(C)C(=O)CSc2ccc3ccccc3c2)cc1OC. The van der Waals surface area contributed by atoms with Gasteiger partial charge in [0.2, 0.25) is 5.91 Å². The highest BCUT2D eigenvalue weighted by atomic mass is 32.2. The molecule has 0 radical (unpaired) electrons. The third kappa shape index (κ3) is 4.98. The van der Waals surface area contributed by atoms with E-state index in [0.717, 1.165) is 16.9 Å². The van der Waals surface area contributed by atoms with Gasteiger partial charge in [-0.05, 0) is 47.0 Å². The van der Waals surface area contributed by atoms with Crippen molar-refractivity contribution in [2.45, 2.75) is 11.3 Å². The summed E-state index contributed by atoms with van der Waals surface area (Å²) >= 11 is 1.58. The van der Waals surface area contributed by atoms with Crippen molar-refractivity contribution in [1.29, 1.82) is 0 Å². The Hall–Kier alpha value is -2.66. The lowest BCUT2D eigenvalue weighted by Crippen LogP contribution is -2.30. The minimum atomic E-state index is 0.124. The average Bonchev–Trinajstić information content (AvgIpc) is 2.75. The second kappa shape index (κ2) is 9.51. The number of amides is 1. The lowest BCUT2D eigenvalue weighted by Gasteiger charge is -2.17. The summed E-state index contributed by atoms with van der Waals surface area (Å²) in [6, 6.07) is 20.4. The molecule has 0 aromatic heterocycles. The summed E-state index contributed by atoms with van der Waals surface area (Å²) in [4.78, 5) is 15.4. The maximum Gasteiger partial charge on any atom is 0.232 e. The van der Waals surface area contributed by atoms with Gasteiger partial charge in [0.25, 0.3) is 0 Å². The topological polar surface area (TPSA) is 38.8 Å². The van der Waals surface area contributed by atoms with Gasteiger partial charge in [-0.2, -0.15) is 0 Å². The van der Waals surface area contributed by atoms with Gasteiger partial charge in [0, 0.05) is 18.5 Å². The van der Waals surface area contributed by atoms with Crippen LogP contribution in [0.1, 0.15) is 5.56 Å². The molecule has 0 unspecified atom stereocenters. The number of hydrogen-bond donors (Lipinski definition) is 0. The van der Waals surface area contributed by atoms with Crippen molar-refractivity contribution in [1.82, 2.24) is 4.90 Å². The first-order valence-electron chi connectivity index (χ1n) is 9.17. The molecule has 146 valence electrons. The van der Waals surface area contributed by atoms with Crippen LogP contribution in [0.3, 0.4) is 0 Å². The summed E-state index contributed by atoms with van der Waals surface area (Å²) in [5, 5.41) is 2.41. The average molecular weight is 396 g/mol. The number of ether oxygens (including phenoxy) is 2. The lowest BCUT2D eigenvalue weighted by molar-refractivity contribution is -0.127. The molecule has 3 aromatic rings. The number of likely N-dealkylation sites (N-methyl/N-ethyl adjacent to an activating group) is 1. The molecule has 0 spiro atoms. The molecule has 28 heavy (non-hydrogen) atoms. The molecule has 3 rings (SSSR count). The summed E-state index contributed by atoms with van der Waals surface area (Å²) in [5.74, 6) is 1.97. The summed E-state index contributed by atoms with van der Waals surface area (Å²) in [7, 11) is 5.10. The van der Waals surface area contributed by atoms with E-state index in [2.05, 4.69) is 30.3 Å². The van der Waals surface area contributed by atoms with Crippen molar-refractivity contribution in [3.8, 4) is 11.5 Å². The second-order valence-corrected chi connectivity index (χ2v) is 7.60. The number of hydrogen-bond acceptors (Lipinski definition) is 4. The molecule has 5 heteroatoms. The van der Waals surface area contributed by atoms with Crippen molar-refractivity contribution in [3.05, 3.63) is 66.2 Å². The first kappa shape index (κ1) is 20.1. The van der Waals surface area contributed by atoms with Gasteiger partial charge in [0.1, 0.15) is 0 Å². The zero-order valence-corrected chi connectivity index (χ0v) is 17.3. The van der Waals surface area contributed by atoms with Crippen molar-refractivity contribution in [2.24, 2.45) is 0 Å². The predicted molar refractivity (Wildman–Crippen MR) is 116 cm³/mol. The second-order valence-electron chi connectivity index (χ2n) is 6.55. The van der Waals surface area contributed by atoms with Crippen LogP contribution in [0.5, 0.6) is 11.5 Å². The van der Waals surface area contributed by atoms with Gasteiger partial charge >= 0.3 is 0 Å². The van der Waals surface area contributed by atoms with E-state index in [1.54, 1.807) is 30.9 Å². The van der Waals surface area contributed by atoms with Crippen molar-refractivity contribution >= 4 is 28.4 Å². The van der Waals surface area contributed by atoms with E-state index in [4.69, 9.17) is 9.47 Å². The maximum absolute atomic E-state index is 12.5. The van der Waals surface area contributed by atoms with E-state index >= 15 is 0 Å². The number of nitrogens with zero attached hydrogens (tertiary/aromatic N) is 1. The van der Waals surface area contributed by atoms with Gasteiger partial charge in [-0.1, -0.05) is 36.4 Å². The third-order valence-corrected chi connectivity index (χ3v) is 5.67. The van der Waals surface area contributed by atoms with Crippen LogP contribution < -0.4 is 9.47 Å². The zero-order valence-electron chi connectivity index (χ0n) is 16.5. The molecule has 0 saturated carbocycles. The van der Waals surface area contributed by atoms with Gasteiger partial charge in [0.15, 0.2) is 11.5 Å². The van der Waals surface area contributed by atoms with Crippen molar-refractivity contribution in [3.63, 3.8) is 0 Å². The normalized spacial score (nSPS) is 10.7. The van der Waals surface area contributed by atoms with E-state index in [9.17, 15) is 4.79 Å². The molecule has 1 amide bonds. The maximum atomic E-state index is 12.5. The molecule has 0 fully saturated rings. The summed E-state index contributed by atoms with van der Waals surface area (Å²) in [6.45, 7) is 0.659. The van der Waals surface area contributed by atoms with Gasteiger partial charge in [0.05, 0.1) is 20.0 Å². The van der Waals surface area contributed by atoms with Crippen LogP contribution in [0.25, 0.3) is 10.8 Å². The molecule has 0 N–H and O–H groups in total. The number of rotatable bonds is 8. The first-order chi connectivity index (χ1) is 13.6. The van der Waals surface area contributed by atoms with E-state index in [0.29, 0.717) is 23.8 Å². The predicted octanol–water partition coefficient (Wildman–Crippen LogP) is 4.65. The van der Waals surface area contributed by atoms with Gasteiger partial charge in [-0.3, -0.25) is 4.79 Å². The van der Waals surface area contributed by atoms with E-state index < -0.39 is 0 Å². The van der Waals surface area contributed by atoms with E-state index in [-0.39, 0.29) is 5.91 Å². The number of benzene rings is 3. The quantitative estimate of drug-likeness (QED) is 0.521. The fourth-order valence-corrected chi connectivity index (χ4v) is 3.86. The molecule has 0 atom stereocenters. The van der Waals surface area contributed by atoms with Crippen LogP contribution >= 0.6 is 11.8 Å². The fraction of sp³-hybridized carbons (Fsp3) is 0.261. The van der Waals surface area contributed by atoms with Gasteiger partial charge in [-0.15, -0.1) is 11.8 Å². The van der Waals surface area contributed by atoms with Crippen LogP contribution in [-0.4, -0.2) is 44.4 Å². The monoisotopic (exact) mass is 395 g/mol. The molecular formula is C23H25NO3S. The van der Waals surface area contributed by atoms with Crippen LogP contribution in [0.2, 0.25) is 0 Å². The Balaban J connectivity index is 1.52. The molecule has 0 aliphatic carbocycles. The zero-order chi connectivity index (χ0) is 19.9. The van der Waals surface area contributed by atoms with Crippen molar-refractivity contribution < 1.29 is 14.3 Å². The largest absolute Gasteiger partial charge is 0.493 e. The molecule has 4 nitrogen and oxygen atoms in total. The molecule has 0 bridgehead atoms. The number of methoxy groups -OCH3 is 2. The molecule has 3 aromatic carbocycles. The summed E-state index contributed by atoms with van der Waals surface area (Å²) in [5.41, 5.74) is 1.11.